The second-order valence-corrected chi connectivity index (χ2v) is 7.54. The largest absolute Gasteiger partial charge is 0.368 e. The molecule has 0 radical (unpaired) electrons. The van der Waals surface area contributed by atoms with Crippen molar-refractivity contribution in [1.29, 1.82) is 0 Å². The molecule has 0 unspecified atom stereocenters. The molecular weight excluding hydrogens is 340 g/mol. The molecule has 3 amide bonds. The normalized spacial score (nSPS) is 18.4. The maximum atomic E-state index is 12.4. The number of hydrogen-bond acceptors (Lipinski definition) is 3. The fraction of sp³-hybridized carbons (Fsp3) is 0.619. The summed E-state index contributed by atoms with van der Waals surface area (Å²) in [4.78, 5) is 30.6. The maximum absolute atomic E-state index is 12.4. The number of para-hydroxylation sites is 1. The maximum Gasteiger partial charge on any atom is 0.317 e. The molecule has 0 aromatic heterocycles. The van der Waals surface area contributed by atoms with E-state index in [9.17, 15) is 9.59 Å². The van der Waals surface area contributed by atoms with Gasteiger partial charge in [0.1, 0.15) is 0 Å². The molecule has 0 atom stereocenters. The van der Waals surface area contributed by atoms with Crippen LogP contribution in [0.5, 0.6) is 0 Å². The summed E-state index contributed by atoms with van der Waals surface area (Å²) in [5.41, 5.74) is 2.54. The van der Waals surface area contributed by atoms with Crippen LogP contribution in [-0.4, -0.2) is 67.6 Å². The number of anilines is 1. The van der Waals surface area contributed by atoms with Gasteiger partial charge in [-0.1, -0.05) is 24.6 Å². The number of amides is 3. The number of nitrogens with one attached hydrogen (secondary N) is 1. The van der Waals surface area contributed by atoms with Gasteiger partial charge in [0.05, 0.1) is 0 Å². The Bertz CT molecular complexity index is 641. The number of hydrogen-bond donors (Lipinski definition) is 1. The number of likely N-dealkylation sites (tertiary alicyclic amines) is 1. The van der Waals surface area contributed by atoms with Gasteiger partial charge >= 0.3 is 6.03 Å². The highest BCUT2D eigenvalue weighted by Crippen LogP contribution is 2.20. The molecule has 2 saturated heterocycles. The highest BCUT2D eigenvalue weighted by atomic mass is 16.2. The standard InChI is InChI=1S/C21H32N4O2/c1-18-8-4-5-9-19(18)23-14-16-25(17-15-23)21(27)22-11-7-13-24-12-6-2-3-10-20(24)26/h4-5,8-9H,2-3,6-7,10-17H2,1H3,(H,22,27). The molecule has 6 heteroatoms. The van der Waals surface area contributed by atoms with Crippen LogP contribution in [0.1, 0.15) is 37.7 Å². The molecule has 1 aromatic carbocycles. The molecule has 2 aliphatic rings. The zero-order valence-electron chi connectivity index (χ0n) is 16.5. The highest BCUT2D eigenvalue weighted by molar-refractivity contribution is 5.76. The van der Waals surface area contributed by atoms with Gasteiger partial charge in [0.2, 0.25) is 5.91 Å². The summed E-state index contributed by atoms with van der Waals surface area (Å²) < 4.78 is 0. The van der Waals surface area contributed by atoms with Crippen molar-refractivity contribution in [2.24, 2.45) is 0 Å². The fourth-order valence-electron chi connectivity index (χ4n) is 3.92. The first-order valence-corrected chi connectivity index (χ1v) is 10.3. The van der Waals surface area contributed by atoms with E-state index in [1.807, 2.05) is 9.80 Å². The zero-order chi connectivity index (χ0) is 19.1. The number of urea groups is 1. The van der Waals surface area contributed by atoms with E-state index in [1.165, 1.54) is 11.3 Å². The molecule has 2 fully saturated rings. The Labute approximate surface area is 162 Å². The van der Waals surface area contributed by atoms with Crippen molar-refractivity contribution in [2.75, 3.05) is 50.7 Å². The first kappa shape index (κ1) is 19.5. The summed E-state index contributed by atoms with van der Waals surface area (Å²) in [6.45, 7) is 7.58. The summed E-state index contributed by atoms with van der Waals surface area (Å²) in [7, 11) is 0. The van der Waals surface area contributed by atoms with Crippen LogP contribution in [-0.2, 0) is 4.79 Å². The van der Waals surface area contributed by atoms with Crippen LogP contribution in [0.3, 0.4) is 0 Å². The third-order valence-corrected chi connectivity index (χ3v) is 5.58. The van der Waals surface area contributed by atoms with Crippen LogP contribution in [0.2, 0.25) is 0 Å². The second kappa shape index (κ2) is 9.62. The summed E-state index contributed by atoms with van der Waals surface area (Å²) in [6.07, 6.45) is 4.76. The van der Waals surface area contributed by atoms with Crippen molar-refractivity contribution < 1.29 is 9.59 Å². The van der Waals surface area contributed by atoms with Gasteiger partial charge in [0.25, 0.3) is 0 Å². The first-order chi connectivity index (χ1) is 13.1. The SMILES string of the molecule is Cc1ccccc1N1CCN(C(=O)NCCCN2CCCCCC2=O)CC1. The molecule has 0 bridgehead atoms. The third-order valence-electron chi connectivity index (χ3n) is 5.58. The predicted molar refractivity (Wildman–Crippen MR) is 108 cm³/mol. The molecular formula is C21H32N4O2. The minimum absolute atomic E-state index is 0.0154. The summed E-state index contributed by atoms with van der Waals surface area (Å²) in [5, 5.41) is 3.02. The molecule has 148 valence electrons. The van der Waals surface area contributed by atoms with Gasteiger partial charge in [0, 0.05) is 57.9 Å². The van der Waals surface area contributed by atoms with Crippen molar-refractivity contribution in [3.8, 4) is 0 Å². The van der Waals surface area contributed by atoms with Crippen LogP contribution < -0.4 is 10.2 Å². The number of aryl methyl sites for hydroxylation is 1. The number of rotatable bonds is 5. The number of piperazine rings is 1. The second-order valence-electron chi connectivity index (χ2n) is 7.54. The lowest BCUT2D eigenvalue weighted by Gasteiger charge is -2.36. The summed E-state index contributed by atoms with van der Waals surface area (Å²) in [6, 6.07) is 8.42. The molecule has 1 aromatic rings. The minimum atomic E-state index is 0.0154. The molecule has 2 heterocycles. The van der Waals surface area contributed by atoms with Gasteiger partial charge in [0.15, 0.2) is 0 Å². The fourth-order valence-corrected chi connectivity index (χ4v) is 3.92. The van der Waals surface area contributed by atoms with E-state index >= 15 is 0 Å². The van der Waals surface area contributed by atoms with Crippen molar-refractivity contribution in [1.82, 2.24) is 15.1 Å². The average molecular weight is 373 g/mol. The van der Waals surface area contributed by atoms with E-state index in [0.29, 0.717) is 13.0 Å². The zero-order valence-corrected chi connectivity index (χ0v) is 16.5. The topological polar surface area (TPSA) is 55.9 Å². The Hall–Kier alpha value is -2.24. The van der Waals surface area contributed by atoms with Gasteiger partial charge in [-0.25, -0.2) is 4.79 Å². The number of benzene rings is 1. The van der Waals surface area contributed by atoms with E-state index in [4.69, 9.17) is 0 Å². The monoisotopic (exact) mass is 372 g/mol. The van der Waals surface area contributed by atoms with Crippen molar-refractivity contribution in [3.05, 3.63) is 29.8 Å². The predicted octanol–water partition coefficient (Wildman–Crippen LogP) is 2.62. The van der Waals surface area contributed by atoms with E-state index in [-0.39, 0.29) is 11.9 Å². The third kappa shape index (κ3) is 5.37. The van der Waals surface area contributed by atoms with E-state index in [1.54, 1.807) is 0 Å². The van der Waals surface area contributed by atoms with Gasteiger partial charge < -0.3 is 20.0 Å². The van der Waals surface area contributed by atoms with Crippen molar-refractivity contribution in [3.63, 3.8) is 0 Å². The van der Waals surface area contributed by atoms with Gasteiger partial charge in [-0.3, -0.25) is 4.79 Å². The number of carbonyl (C=O) groups excluding carboxylic acids is 2. The van der Waals surface area contributed by atoms with Gasteiger partial charge in [-0.15, -0.1) is 0 Å². The van der Waals surface area contributed by atoms with Crippen LogP contribution in [0, 0.1) is 6.92 Å². The Balaban J connectivity index is 1.36. The Kier molecular flexibility index (Phi) is 6.96. The Morgan fingerprint density at radius 3 is 2.59 bits per heavy atom. The molecule has 6 nitrogen and oxygen atoms in total. The van der Waals surface area contributed by atoms with Crippen molar-refractivity contribution >= 4 is 17.6 Å². The van der Waals surface area contributed by atoms with Crippen LogP contribution in [0.4, 0.5) is 10.5 Å². The lowest BCUT2D eigenvalue weighted by atomic mass is 10.1. The van der Waals surface area contributed by atoms with E-state index < -0.39 is 0 Å². The van der Waals surface area contributed by atoms with Gasteiger partial charge in [-0.05, 0) is 37.8 Å². The van der Waals surface area contributed by atoms with E-state index in [0.717, 1.165) is 65.0 Å². The lowest BCUT2D eigenvalue weighted by molar-refractivity contribution is -0.130. The Morgan fingerprint density at radius 2 is 1.81 bits per heavy atom. The summed E-state index contributed by atoms with van der Waals surface area (Å²) >= 11 is 0. The number of nitrogens with zero attached hydrogens (tertiary/aromatic N) is 3. The molecule has 0 aliphatic carbocycles. The first-order valence-electron chi connectivity index (χ1n) is 10.3. The number of carbonyl (C=O) groups is 2. The molecule has 0 saturated carbocycles. The van der Waals surface area contributed by atoms with Crippen LogP contribution in [0.15, 0.2) is 24.3 Å². The molecule has 2 aliphatic heterocycles. The van der Waals surface area contributed by atoms with E-state index in [2.05, 4.69) is 41.4 Å². The lowest BCUT2D eigenvalue weighted by Crippen LogP contribution is -2.52. The average Bonchev–Trinajstić information content (AvgIpc) is 2.90. The summed E-state index contributed by atoms with van der Waals surface area (Å²) in [5.74, 6) is 0.270. The van der Waals surface area contributed by atoms with Gasteiger partial charge in [-0.2, -0.15) is 0 Å². The van der Waals surface area contributed by atoms with Crippen LogP contribution >= 0.6 is 0 Å². The smallest absolute Gasteiger partial charge is 0.317 e. The molecule has 0 spiro atoms. The molecule has 3 rings (SSSR count). The minimum Gasteiger partial charge on any atom is -0.368 e. The molecule has 1 N–H and O–H groups in total. The van der Waals surface area contributed by atoms with Crippen molar-refractivity contribution in [2.45, 2.75) is 39.0 Å². The quantitative estimate of drug-likeness (QED) is 0.809. The highest BCUT2D eigenvalue weighted by Gasteiger charge is 2.22. The van der Waals surface area contributed by atoms with Crippen LogP contribution in [0.25, 0.3) is 0 Å². The molecule has 27 heavy (non-hydrogen) atoms. The Morgan fingerprint density at radius 1 is 1.04 bits per heavy atom.